The lowest BCUT2D eigenvalue weighted by Crippen LogP contribution is -2.41. The first-order valence-corrected chi connectivity index (χ1v) is 8.99. The van der Waals surface area contributed by atoms with Gasteiger partial charge in [0.1, 0.15) is 18.0 Å². The van der Waals surface area contributed by atoms with Gasteiger partial charge in [-0.1, -0.05) is 0 Å². The lowest BCUT2D eigenvalue weighted by molar-refractivity contribution is 0.0509. The average Bonchev–Trinajstić information content (AvgIpc) is 2.54. The van der Waals surface area contributed by atoms with Gasteiger partial charge in [0.05, 0.1) is 0 Å². The monoisotopic (exact) mass is 349 g/mol. The van der Waals surface area contributed by atoms with Crippen LogP contribution in [0.2, 0.25) is 0 Å². The van der Waals surface area contributed by atoms with Gasteiger partial charge in [-0.15, -0.1) is 0 Å². The van der Waals surface area contributed by atoms with Gasteiger partial charge in [0.25, 0.3) is 0 Å². The summed E-state index contributed by atoms with van der Waals surface area (Å²) in [5, 5.41) is 2.88. The van der Waals surface area contributed by atoms with Gasteiger partial charge in [0.15, 0.2) is 0 Å². The van der Waals surface area contributed by atoms with Crippen LogP contribution in [0.1, 0.15) is 33.6 Å². The molecule has 1 aliphatic heterocycles. The fraction of sp³-hybridized carbons (Fsp3) is 0.632. The van der Waals surface area contributed by atoms with Gasteiger partial charge < -0.3 is 20.5 Å². The van der Waals surface area contributed by atoms with Gasteiger partial charge in [-0.05, 0) is 76.9 Å². The Labute approximate surface area is 150 Å². The molecule has 0 aliphatic carbocycles. The fourth-order valence-corrected chi connectivity index (χ4v) is 2.81. The normalized spacial score (nSPS) is 16.4. The maximum absolute atomic E-state index is 11.7. The number of carbonyl (C=O) groups excluding carboxylic acids is 1. The van der Waals surface area contributed by atoms with Crippen molar-refractivity contribution in [1.29, 1.82) is 0 Å². The first-order valence-electron chi connectivity index (χ1n) is 8.99. The van der Waals surface area contributed by atoms with Gasteiger partial charge in [-0.25, -0.2) is 4.79 Å². The number of alkyl carbamates (subject to hydrolysis) is 1. The van der Waals surface area contributed by atoms with E-state index in [9.17, 15) is 4.79 Å². The van der Waals surface area contributed by atoms with E-state index in [1.807, 2.05) is 45.0 Å². The molecule has 6 heteroatoms. The van der Waals surface area contributed by atoms with E-state index < -0.39 is 5.60 Å². The number of amides is 1. The van der Waals surface area contributed by atoms with Crippen molar-refractivity contribution in [3.05, 3.63) is 24.3 Å². The second kappa shape index (κ2) is 8.94. The lowest BCUT2D eigenvalue weighted by Gasteiger charge is -2.32. The molecule has 25 heavy (non-hydrogen) atoms. The highest BCUT2D eigenvalue weighted by molar-refractivity contribution is 5.67. The van der Waals surface area contributed by atoms with Gasteiger partial charge in [0, 0.05) is 18.8 Å². The van der Waals surface area contributed by atoms with Gasteiger partial charge in [0.2, 0.25) is 0 Å². The number of nitrogen functional groups attached to an aromatic ring is 1. The van der Waals surface area contributed by atoms with Crippen LogP contribution in [0.15, 0.2) is 24.3 Å². The van der Waals surface area contributed by atoms with Crippen LogP contribution in [0.3, 0.4) is 0 Å². The molecule has 0 radical (unpaired) electrons. The molecule has 0 aromatic heterocycles. The summed E-state index contributed by atoms with van der Waals surface area (Å²) in [6.45, 7) is 9.95. The topological polar surface area (TPSA) is 76.8 Å². The fourth-order valence-electron chi connectivity index (χ4n) is 2.81. The molecule has 1 aromatic rings. The summed E-state index contributed by atoms with van der Waals surface area (Å²) < 4.78 is 11.0. The Morgan fingerprint density at radius 3 is 2.48 bits per heavy atom. The molecule has 0 bridgehead atoms. The van der Waals surface area contributed by atoms with E-state index in [1.165, 1.54) is 0 Å². The van der Waals surface area contributed by atoms with Crippen molar-refractivity contribution in [3.63, 3.8) is 0 Å². The van der Waals surface area contributed by atoms with Crippen molar-refractivity contribution >= 4 is 11.8 Å². The molecule has 1 aromatic carbocycles. The van der Waals surface area contributed by atoms with E-state index in [-0.39, 0.29) is 6.09 Å². The Kier molecular flexibility index (Phi) is 6.93. The van der Waals surface area contributed by atoms with Crippen LogP contribution in [0.5, 0.6) is 5.75 Å². The van der Waals surface area contributed by atoms with Crippen molar-refractivity contribution < 1.29 is 14.3 Å². The van der Waals surface area contributed by atoms with Crippen LogP contribution < -0.4 is 15.8 Å². The van der Waals surface area contributed by atoms with Crippen molar-refractivity contribution in [3.8, 4) is 5.75 Å². The maximum atomic E-state index is 11.7. The van der Waals surface area contributed by atoms with Gasteiger partial charge in [-0.3, -0.25) is 4.90 Å². The van der Waals surface area contributed by atoms with Crippen molar-refractivity contribution in [2.45, 2.75) is 39.2 Å². The zero-order chi connectivity index (χ0) is 18.3. The van der Waals surface area contributed by atoms with E-state index in [4.69, 9.17) is 15.2 Å². The minimum atomic E-state index is -0.447. The minimum absolute atomic E-state index is 0.327. The summed E-state index contributed by atoms with van der Waals surface area (Å²) in [5.74, 6) is 1.37. The molecular weight excluding hydrogens is 318 g/mol. The predicted molar refractivity (Wildman–Crippen MR) is 99.8 cm³/mol. The third-order valence-electron chi connectivity index (χ3n) is 4.20. The number of anilines is 1. The van der Waals surface area contributed by atoms with Crippen LogP contribution in [-0.4, -0.2) is 49.4 Å². The second-order valence-corrected chi connectivity index (χ2v) is 7.59. The molecule has 1 amide bonds. The summed E-state index contributed by atoms with van der Waals surface area (Å²) in [5.41, 5.74) is 5.96. The van der Waals surface area contributed by atoms with Gasteiger partial charge >= 0.3 is 6.09 Å². The SMILES string of the molecule is CC(C)(C)OC(=O)NCC1CCN(CCOc2ccc(N)cc2)CC1. The highest BCUT2D eigenvalue weighted by Crippen LogP contribution is 2.17. The van der Waals surface area contributed by atoms with E-state index in [0.29, 0.717) is 19.1 Å². The smallest absolute Gasteiger partial charge is 0.407 e. The molecule has 6 nitrogen and oxygen atoms in total. The quantitative estimate of drug-likeness (QED) is 0.772. The molecule has 1 aliphatic rings. The number of ether oxygens (including phenoxy) is 2. The molecule has 140 valence electrons. The third-order valence-corrected chi connectivity index (χ3v) is 4.20. The number of piperidine rings is 1. The molecule has 0 atom stereocenters. The third kappa shape index (κ3) is 7.65. The van der Waals surface area contributed by atoms with Crippen molar-refractivity contribution in [2.24, 2.45) is 5.92 Å². The number of nitrogens with zero attached hydrogens (tertiary/aromatic N) is 1. The van der Waals surface area contributed by atoms with Gasteiger partial charge in [-0.2, -0.15) is 0 Å². The number of rotatable bonds is 6. The zero-order valence-electron chi connectivity index (χ0n) is 15.6. The standard InChI is InChI=1S/C19H31N3O3/c1-19(2,3)25-18(23)21-14-15-8-10-22(11-9-15)12-13-24-17-6-4-16(20)5-7-17/h4-7,15H,8-14,20H2,1-3H3,(H,21,23). The number of likely N-dealkylation sites (tertiary alicyclic amines) is 1. The van der Waals surface area contributed by atoms with Crippen LogP contribution in [0.25, 0.3) is 0 Å². The highest BCUT2D eigenvalue weighted by atomic mass is 16.6. The molecular formula is C19H31N3O3. The second-order valence-electron chi connectivity index (χ2n) is 7.59. The number of nitrogens with one attached hydrogen (secondary N) is 1. The molecule has 1 saturated heterocycles. The van der Waals surface area contributed by atoms with Crippen LogP contribution in [0, 0.1) is 5.92 Å². The maximum Gasteiger partial charge on any atom is 0.407 e. The first-order chi connectivity index (χ1) is 11.8. The number of benzene rings is 1. The highest BCUT2D eigenvalue weighted by Gasteiger charge is 2.21. The Morgan fingerprint density at radius 1 is 1.24 bits per heavy atom. The molecule has 3 N–H and O–H groups in total. The largest absolute Gasteiger partial charge is 0.492 e. The number of carbonyl (C=O) groups is 1. The minimum Gasteiger partial charge on any atom is -0.492 e. The molecule has 0 saturated carbocycles. The number of nitrogens with two attached hydrogens (primary N) is 1. The summed E-state index contributed by atoms with van der Waals surface area (Å²) in [4.78, 5) is 14.1. The molecule has 1 fully saturated rings. The number of hydrogen-bond donors (Lipinski definition) is 2. The number of hydrogen-bond acceptors (Lipinski definition) is 5. The average molecular weight is 349 g/mol. The van der Waals surface area contributed by atoms with Crippen LogP contribution in [-0.2, 0) is 4.74 Å². The predicted octanol–water partition coefficient (Wildman–Crippen LogP) is 2.88. The summed E-state index contributed by atoms with van der Waals surface area (Å²) in [6, 6.07) is 7.48. The van der Waals surface area contributed by atoms with E-state index in [1.54, 1.807) is 0 Å². The van der Waals surface area contributed by atoms with E-state index >= 15 is 0 Å². The first kappa shape index (κ1) is 19.4. The Balaban J connectivity index is 1.58. The summed E-state index contributed by atoms with van der Waals surface area (Å²) in [7, 11) is 0. The molecule has 1 heterocycles. The molecule has 0 spiro atoms. The lowest BCUT2D eigenvalue weighted by atomic mass is 9.97. The van der Waals surface area contributed by atoms with Crippen molar-refractivity contribution in [1.82, 2.24) is 10.2 Å². The van der Waals surface area contributed by atoms with Crippen LogP contribution >= 0.6 is 0 Å². The Morgan fingerprint density at radius 2 is 1.88 bits per heavy atom. The zero-order valence-corrected chi connectivity index (χ0v) is 15.6. The molecule has 0 unspecified atom stereocenters. The Hall–Kier alpha value is -1.95. The van der Waals surface area contributed by atoms with E-state index in [0.717, 1.165) is 43.9 Å². The van der Waals surface area contributed by atoms with Crippen molar-refractivity contribution in [2.75, 3.05) is 38.5 Å². The summed E-state index contributed by atoms with van der Waals surface area (Å²) in [6.07, 6.45) is 1.84. The van der Waals surface area contributed by atoms with Crippen LogP contribution in [0.4, 0.5) is 10.5 Å². The summed E-state index contributed by atoms with van der Waals surface area (Å²) >= 11 is 0. The van der Waals surface area contributed by atoms with E-state index in [2.05, 4.69) is 10.2 Å². The Bertz CT molecular complexity index is 532. The molecule has 2 rings (SSSR count).